The highest BCUT2D eigenvalue weighted by Crippen LogP contribution is 2.44. The van der Waals surface area contributed by atoms with E-state index in [2.05, 4.69) is 39.4 Å². The number of carbonyl (C=O) groups is 1. The fourth-order valence-electron chi connectivity index (χ4n) is 3.64. The van der Waals surface area contributed by atoms with Gasteiger partial charge in [0.1, 0.15) is 5.54 Å². The number of aliphatic imine (C=N–C) groups is 1. The molecule has 4 rings (SSSR count). The smallest absolute Gasteiger partial charge is 0.169 e. The number of Topliss-reactive ketones (excluding diaryl/α,β-unsaturated/α-hetero) is 1. The van der Waals surface area contributed by atoms with E-state index in [1.807, 2.05) is 36.4 Å². The second-order valence-electron chi connectivity index (χ2n) is 6.54. The first kappa shape index (κ1) is 17.0. The summed E-state index contributed by atoms with van der Waals surface area (Å²) in [5, 5.41) is 4.46. The van der Waals surface area contributed by atoms with Crippen LogP contribution in [0.2, 0.25) is 0 Å². The summed E-state index contributed by atoms with van der Waals surface area (Å²) in [5.41, 5.74) is 1.73. The van der Waals surface area contributed by atoms with Gasteiger partial charge in [-0.2, -0.15) is 0 Å². The second-order valence-corrected chi connectivity index (χ2v) is 8.55. The van der Waals surface area contributed by atoms with Crippen LogP contribution in [0.4, 0.5) is 0 Å². The van der Waals surface area contributed by atoms with Crippen LogP contribution in [-0.4, -0.2) is 29.7 Å². The van der Waals surface area contributed by atoms with Gasteiger partial charge in [0, 0.05) is 34.8 Å². The van der Waals surface area contributed by atoms with Crippen LogP contribution in [0.25, 0.3) is 0 Å². The van der Waals surface area contributed by atoms with E-state index in [9.17, 15) is 4.79 Å². The summed E-state index contributed by atoms with van der Waals surface area (Å²) in [5.74, 6) is 1.60. The van der Waals surface area contributed by atoms with Gasteiger partial charge in [0.2, 0.25) is 0 Å². The number of nitrogens with zero attached hydrogens (tertiary/aromatic N) is 1. The van der Waals surface area contributed by atoms with Crippen molar-refractivity contribution in [3.8, 4) is 0 Å². The summed E-state index contributed by atoms with van der Waals surface area (Å²) in [7, 11) is 0. The van der Waals surface area contributed by atoms with Crippen molar-refractivity contribution in [2.75, 3.05) is 18.8 Å². The lowest BCUT2D eigenvalue weighted by atomic mass is 9.82. The number of fused-ring (bicyclic) bond motifs is 1. The predicted octanol–water partition coefficient (Wildman–Crippen LogP) is 4.28. The minimum absolute atomic E-state index is 0.139. The van der Waals surface area contributed by atoms with Gasteiger partial charge in [0.15, 0.2) is 5.78 Å². The number of rotatable bonds is 4. The number of hydrogen-bond donors (Lipinski definition) is 1. The highest BCUT2D eigenvalue weighted by atomic mass is 79.9. The van der Waals surface area contributed by atoms with Crippen molar-refractivity contribution >= 4 is 38.5 Å². The van der Waals surface area contributed by atoms with Crippen molar-refractivity contribution < 1.29 is 4.79 Å². The molecule has 0 spiro atoms. The molecule has 2 aliphatic rings. The van der Waals surface area contributed by atoms with E-state index in [0.29, 0.717) is 12.3 Å². The topological polar surface area (TPSA) is 41.5 Å². The Balaban J connectivity index is 1.66. The van der Waals surface area contributed by atoms with Crippen molar-refractivity contribution in [1.29, 1.82) is 0 Å². The lowest BCUT2D eigenvalue weighted by molar-refractivity contribution is 0.100. The molecule has 0 amide bonds. The van der Waals surface area contributed by atoms with Gasteiger partial charge >= 0.3 is 0 Å². The van der Waals surface area contributed by atoms with Crippen molar-refractivity contribution in [2.45, 2.75) is 12.0 Å². The number of ketones is 1. The SMILES string of the molecule is O=C(CC1=N[C@@]2(c3cccc(Br)c3)CNC[C@H]2CS1)c1ccccc1. The molecule has 1 saturated heterocycles. The van der Waals surface area contributed by atoms with Gasteiger partial charge in [0.25, 0.3) is 0 Å². The molecule has 2 heterocycles. The zero-order chi connectivity index (χ0) is 17.3. The van der Waals surface area contributed by atoms with Crippen LogP contribution in [0.5, 0.6) is 0 Å². The highest BCUT2D eigenvalue weighted by Gasteiger charge is 2.47. The van der Waals surface area contributed by atoms with Gasteiger partial charge in [-0.05, 0) is 17.7 Å². The van der Waals surface area contributed by atoms with E-state index < -0.39 is 0 Å². The van der Waals surface area contributed by atoms with Crippen molar-refractivity contribution in [3.63, 3.8) is 0 Å². The first-order chi connectivity index (χ1) is 12.2. The molecule has 25 heavy (non-hydrogen) atoms. The molecule has 128 valence electrons. The average molecular weight is 415 g/mol. The van der Waals surface area contributed by atoms with E-state index >= 15 is 0 Å². The minimum Gasteiger partial charge on any atom is -0.314 e. The quantitative estimate of drug-likeness (QED) is 0.758. The highest BCUT2D eigenvalue weighted by molar-refractivity contribution is 9.10. The van der Waals surface area contributed by atoms with Crippen LogP contribution in [0.15, 0.2) is 64.1 Å². The predicted molar refractivity (Wildman–Crippen MR) is 107 cm³/mol. The van der Waals surface area contributed by atoms with Crippen LogP contribution >= 0.6 is 27.7 Å². The Morgan fingerprint density at radius 2 is 2.08 bits per heavy atom. The Hall–Kier alpha value is -1.43. The Kier molecular flexibility index (Phi) is 4.80. The summed E-state index contributed by atoms with van der Waals surface area (Å²) in [6.45, 7) is 1.81. The number of carbonyl (C=O) groups excluding carboxylic acids is 1. The summed E-state index contributed by atoms with van der Waals surface area (Å²) >= 11 is 5.32. The number of halogens is 1. The van der Waals surface area contributed by atoms with Crippen LogP contribution in [0, 0.1) is 5.92 Å². The van der Waals surface area contributed by atoms with Gasteiger partial charge < -0.3 is 5.32 Å². The molecular weight excluding hydrogens is 396 g/mol. The largest absolute Gasteiger partial charge is 0.314 e. The molecular formula is C20H19BrN2OS. The number of nitrogens with one attached hydrogen (secondary N) is 1. The molecule has 0 aromatic heterocycles. The number of thioether (sulfide) groups is 1. The normalized spacial score (nSPS) is 25.3. The van der Waals surface area contributed by atoms with Crippen molar-refractivity contribution in [3.05, 3.63) is 70.2 Å². The molecule has 0 saturated carbocycles. The maximum Gasteiger partial charge on any atom is 0.169 e. The first-order valence-corrected chi connectivity index (χ1v) is 10.2. The Bertz CT molecular complexity index is 823. The molecule has 2 aromatic carbocycles. The maximum atomic E-state index is 12.6. The summed E-state index contributed by atoms with van der Waals surface area (Å²) in [4.78, 5) is 17.7. The molecule has 2 aromatic rings. The third kappa shape index (κ3) is 3.33. The lowest BCUT2D eigenvalue weighted by Crippen LogP contribution is -2.38. The molecule has 2 atom stereocenters. The molecule has 1 fully saturated rings. The zero-order valence-electron chi connectivity index (χ0n) is 13.7. The lowest BCUT2D eigenvalue weighted by Gasteiger charge is -2.36. The van der Waals surface area contributed by atoms with Gasteiger partial charge in [-0.25, -0.2) is 0 Å². The third-order valence-electron chi connectivity index (χ3n) is 4.97. The van der Waals surface area contributed by atoms with Gasteiger partial charge in [-0.15, -0.1) is 11.8 Å². The first-order valence-electron chi connectivity index (χ1n) is 8.44. The Morgan fingerprint density at radius 3 is 2.88 bits per heavy atom. The van der Waals surface area contributed by atoms with Crippen molar-refractivity contribution in [1.82, 2.24) is 5.32 Å². The Morgan fingerprint density at radius 1 is 1.24 bits per heavy atom. The van der Waals surface area contributed by atoms with Gasteiger partial charge in [0.05, 0.1) is 11.5 Å². The molecule has 2 aliphatic heterocycles. The van der Waals surface area contributed by atoms with E-state index in [1.54, 1.807) is 11.8 Å². The summed E-state index contributed by atoms with van der Waals surface area (Å²) in [6.07, 6.45) is 0.386. The number of hydrogen-bond acceptors (Lipinski definition) is 4. The van der Waals surface area contributed by atoms with E-state index in [-0.39, 0.29) is 11.3 Å². The maximum absolute atomic E-state index is 12.6. The molecule has 0 bridgehead atoms. The van der Waals surface area contributed by atoms with E-state index in [4.69, 9.17) is 4.99 Å². The van der Waals surface area contributed by atoms with Crippen molar-refractivity contribution in [2.24, 2.45) is 10.9 Å². The molecule has 5 heteroatoms. The van der Waals surface area contributed by atoms with Crippen LogP contribution in [-0.2, 0) is 5.54 Å². The minimum atomic E-state index is -0.249. The van der Waals surface area contributed by atoms with E-state index in [1.165, 1.54) is 5.56 Å². The van der Waals surface area contributed by atoms with Crippen LogP contribution in [0.3, 0.4) is 0 Å². The molecule has 3 nitrogen and oxygen atoms in total. The molecule has 0 radical (unpaired) electrons. The average Bonchev–Trinajstić information content (AvgIpc) is 3.07. The molecule has 1 N–H and O–H groups in total. The summed E-state index contributed by atoms with van der Waals surface area (Å²) in [6, 6.07) is 17.9. The van der Waals surface area contributed by atoms with Crippen LogP contribution < -0.4 is 5.32 Å². The van der Waals surface area contributed by atoms with Gasteiger partial charge in [-0.1, -0.05) is 58.4 Å². The summed E-state index contributed by atoms with van der Waals surface area (Å²) < 4.78 is 1.07. The Labute approximate surface area is 160 Å². The zero-order valence-corrected chi connectivity index (χ0v) is 16.1. The fourth-order valence-corrected chi connectivity index (χ4v) is 5.29. The fraction of sp³-hybridized carbons (Fsp3) is 0.300. The van der Waals surface area contributed by atoms with E-state index in [0.717, 1.165) is 33.9 Å². The monoisotopic (exact) mass is 414 g/mol. The van der Waals surface area contributed by atoms with Crippen LogP contribution in [0.1, 0.15) is 22.3 Å². The number of benzene rings is 2. The molecule has 0 aliphatic carbocycles. The standard InChI is InChI=1S/C20H19BrN2OS/c21-17-8-4-7-15(9-17)20-13-22-11-16(20)12-25-19(23-20)10-18(24)14-5-2-1-3-6-14/h1-9,16,22H,10-13H2/t16-,20+/m0/s1. The van der Waals surface area contributed by atoms with Gasteiger partial charge in [-0.3, -0.25) is 9.79 Å². The molecule has 0 unspecified atom stereocenters. The third-order valence-corrected chi connectivity index (χ3v) is 6.60. The second kappa shape index (κ2) is 7.06.